The second-order valence-electron chi connectivity index (χ2n) is 5.76. The van der Waals surface area contributed by atoms with Crippen LogP contribution < -0.4 is 15.5 Å². The third-order valence-corrected chi connectivity index (χ3v) is 5.09. The molecule has 1 unspecified atom stereocenters. The molecule has 1 aliphatic rings. The Hall–Kier alpha value is -1.73. The average molecular weight is 354 g/mol. The van der Waals surface area contributed by atoms with E-state index >= 15 is 0 Å². The highest BCUT2D eigenvalue weighted by Crippen LogP contribution is 2.27. The van der Waals surface area contributed by atoms with Crippen LogP contribution in [0.25, 0.3) is 0 Å². The monoisotopic (exact) mass is 353 g/mol. The van der Waals surface area contributed by atoms with Gasteiger partial charge in [0.15, 0.2) is 0 Å². The van der Waals surface area contributed by atoms with Gasteiger partial charge in [0.1, 0.15) is 10.2 Å². The zero-order valence-electron chi connectivity index (χ0n) is 13.2. The highest BCUT2D eigenvalue weighted by atomic mass is 35.5. The predicted octanol–water partition coefficient (Wildman–Crippen LogP) is 3.23. The minimum atomic E-state index is -0.210. The number of thiophene rings is 1. The van der Waals surface area contributed by atoms with Gasteiger partial charge in [-0.15, -0.1) is 11.3 Å². The molecule has 1 fully saturated rings. The van der Waals surface area contributed by atoms with Crippen LogP contribution in [0.3, 0.4) is 0 Å². The number of urea groups is 1. The molecule has 0 saturated carbocycles. The van der Waals surface area contributed by atoms with Crippen LogP contribution in [0, 0.1) is 6.92 Å². The fourth-order valence-corrected chi connectivity index (χ4v) is 3.76. The van der Waals surface area contributed by atoms with E-state index in [1.54, 1.807) is 6.07 Å². The molecule has 1 aliphatic heterocycles. The standard InChI is InChI=1S/C15H20ClN5OS/c1-10-8-13(20(2)19-10)21-6-3-4-11(9-21)17-15(22)18-12-5-7-23-14(12)16/h5,7-8,11H,3-4,6,9H2,1-2H3,(H2,17,18,22). The topological polar surface area (TPSA) is 62.2 Å². The molecule has 3 rings (SSSR count). The van der Waals surface area contributed by atoms with Crippen molar-refractivity contribution < 1.29 is 4.79 Å². The zero-order chi connectivity index (χ0) is 16.4. The quantitative estimate of drug-likeness (QED) is 0.890. The smallest absolute Gasteiger partial charge is 0.319 e. The number of halogens is 1. The van der Waals surface area contributed by atoms with E-state index in [2.05, 4.69) is 26.7 Å². The van der Waals surface area contributed by atoms with Crippen LogP contribution in [0.1, 0.15) is 18.5 Å². The van der Waals surface area contributed by atoms with Crippen molar-refractivity contribution in [1.82, 2.24) is 15.1 Å². The van der Waals surface area contributed by atoms with Crippen LogP contribution in [-0.2, 0) is 7.05 Å². The predicted molar refractivity (Wildman–Crippen MR) is 94.7 cm³/mol. The van der Waals surface area contributed by atoms with Crippen molar-refractivity contribution in [3.8, 4) is 0 Å². The number of aromatic nitrogens is 2. The molecule has 8 heteroatoms. The van der Waals surface area contributed by atoms with Crippen LogP contribution in [0.15, 0.2) is 17.5 Å². The first-order valence-electron chi connectivity index (χ1n) is 7.59. The van der Waals surface area contributed by atoms with Crippen molar-refractivity contribution in [2.24, 2.45) is 7.05 Å². The highest BCUT2D eigenvalue weighted by molar-refractivity contribution is 7.15. The number of nitrogens with zero attached hydrogens (tertiary/aromatic N) is 3. The molecule has 6 nitrogen and oxygen atoms in total. The summed E-state index contributed by atoms with van der Waals surface area (Å²) in [4.78, 5) is 14.4. The van der Waals surface area contributed by atoms with Crippen molar-refractivity contribution in [2.45, 2.75) is 25.8 Å². The number of rotatable bonds is 3. The molecule has 2 N–H and O–H groups in total. The molecule has 0 aromatic carbocycles. The summed E-state index contributed by atoms with van der Waals surface area (Å²) in [6.45, 7) is 3.75. The van der Waals surface area contributed by atoms with Gasteiger partial charge < -0.3 is 15.5 Å². The van der Waals surface area contributed by atoms with E-state index in [1.807, 2.05) is 24.0 Å². The Kier molecular flexibility index (Phi) is 4.77. The van der Waals surface area contributed by atoms with Crippen molar-refractivity contribution >= 4 is 40.5 Å². The molecule has 124 valence electrons. The number of amides is 2. The largest absolute Gasteiger partial charge is 0.355 e. The van der Waals surface area contributed by atoms with Gasteiger partial charge in [-0.25, -0.2) is 4.79 Å². The maximum Gasteiger partial charge on any atom is 0.319 e. The van der Waals surface area contributed by atoms with Gasteiger partial charge in [0, 0.05) is 32.2 Å². The molecule has 2 amide bonds. The number of hydrogen-bond donors (Lipinski definition) is 2. The van der Waals surface area contributed by atoms with Crippen LogP contribution in [0.4, 0.5) is 16.3 Å². The lowest BCUT2D eigenvalue weighted by atomic mass is 10.1. The number of anilines is 2. The van der Waals surface area contributed by atoms with E-state index in [-0.39, 0.29) is 12.1 Å². The Balaban J connectivity index is 1.59. The van der Waals surface area contributed by atoms with Gasteiger partial charge in [-0.1, -0.05) is 11.6 Å². The second kappa shape index (κ2) is 6.80. The van der Waals surface area contributed by atoms with Gasteiger partial charge in [0.2, 0.25) is 0 Å². The minimum absolute atomic E-state index is 0.108. The number of hydrogen-bond acceptors (Lipinski definition) is 4. The van der Waals surface area contributed by atoms with Crippen LogP contribution >= 0.6 is 22.9 Å². The number of carbonyl (C=O) groups is 1. The Bertz CT molecular complexity index is 698. The summed E-state index contributed by atoms with van der Waals surface area (Å²) in [5.74, 6) is 1.09. The average Bonchev–Trinajstić information content (AvgIpc) is 3.05. The van der Waals surface area contributed by atoms with Gasteiger partial charge in [-0.05, 0) is 31.2 Å². The third kappa shape index (κ3) is 3.79. The fourth-order valence-electron chi connectivity index (χ4n) is 2.92. The van der Waals surface area contributed by atoms with Gasteiger partial charge in [0.25, 0.3) is 0 Å². The number of nitrogens with one attached hydrogen (secondary N) is 2. The maximum absolute atomic E-state index is 12.1. The Labute approximate surface area is 144 Å². The van der Waals surface area contributed by atoms with Crippen molar-refractivity contribution in [2.75, 3.05) is 23.3 Å². The zero-order valence-corrected chi connectivity index (χ0v) is 14.7. The van der Waals surface area contributed by atoms with Crippen molar-refractivity contribution in [3.63, 3.8) is 0 Å². The molecule has 1 saturated heterocycles. The third-order valence-electron chi connectivity index (χ3n) is 3.92. The van der Waals surface area contributed by atoms with Crippen molar-refractivity contribution in [3.05, 3.63) is 27.5 Å². The number of carbonyl (C=O) groups excluding carboxylic acids is 1. The van der Waals surface area contributed by atoms with Crippen molar-refractivity contribution in [1.29, 1.82) is 0 Å². The summed E-state index contributed by atoms with van der Waals surface area (Å²) >= 11 is 7.41. The molecule has 0 bridgehead atoms. The Morgan fingerprint density at radius 2 is 2.35 bits per heavy atom. The number of piperidine rings is 1. The first-order valence-corrected chi connectivity index (χ1v) is 8.85. The summed E-state index contributed by atoms with van der Waals surface area (Å²) in [5, 5.41) is 12.1. The maximum atomic E-state index is 12.1. The summed E-state index contributed by atoms with van der Waals surface area (Å²) in [5.41, 5.74) is 1.66. The van der Waals surface area contributed by atoms with Gasteiger partial charge >= 0.3 is 6.03 Å². The van der Waals surface area contributed by atoms with E-state index in [4.69, 9.17) is 11.6 Å². The molecule has 0 spiro atoms. The molecular formula is C15H20ClN5OS. The van der Waals surface area contributed by atoms with Crippen LogP contribution in [0.2, 0.25) is 4.34 Å². The SMILES string of the molecule is Cc1cc(N2CCCC(NC(=O)Nc3ccsc3Cl)C2)n(C)n1. The van der Waals surface area contributed by atoms with Gasteiger partial charge in [-0.3, -0.25) is 4.68 Å². The van der Waals surface area contributed by atoms with E-state index in [0.29, 0.717) is 10.0 Å². The molecular weight excluding hydrogens is 334 g/mol. The summed E-state index contributed by atoms with van der Waals surface area (Å²) in [6.07, 6.45) is 2.01. The van der Waals surface area contributed by atoms with E-state index < -0.39 is 0 Å². The first-order chi connectivity index (χ1) is 11.0. The van der Waals surface area contributed by atoms with Crippen LogP contribution in [0.5, 0.6) is 0 Å². The highest BCUT2D eigenvalue weighted by Gasteiger charge is 2.23. The lowest BCUT2D eigenvalue weighted by molar-refractivity contribution is 0.246. The molecule has 23 heavy (non-hydrogen) atoms. The fraction of sp³-hybridized carbons (Fsp3) is 0.467. The van der Waals surface area contributed by atoms with E-state index in [1.165, 1.54) is 11.3 Å². The minimum Gasteiger partial charge on any atom is -0.355 e. The molecule has 2 aromatic rings. The lowest BCUT2D eigenvalue weighted by Crippen LogP contribution is -2.49. The normalized spacial score (nSPS) is 18.0. The second-order valence-corrected chi connectivity index (χ2v) is 7.28. The Morgan fingerprint density at radius 3 is 3.00 bits per heavy atom. The first kappa shape index (κ1) is 16.1. The summed E-state index contributed by atoms with van der Waals surface area (Å²) < 4.78 is 2.49. The molecule has 1 atom stereocenters. The Morgan fingerprint density at radius 1 is 1.52 bits per heavy atom. The lowest BCUT2D eigenvalue weighted by Gasteiger charge is -2.34. The molecule has 0 radical (unpaired) electrons. The number of aryl methyl sites for hydroxylation is 2. The van der Waals surface area contributed by atoms with E-state index in [0.717, 1.165) is 37.4 Å². The molecule has 0 aliphatic carbocycles. The van der Waals surface area contributed by atoms with Crippen LogP contribution in [-0.4, -0.2) is 34.9 Å². The van der Waals surface area contributed by atoms with Gasteiger partial charge in [0.05, 0.1) is 11.4 Å². The molecule has 3 heterocycles. The van der Waals surface area contributed by atoms with Gasteiger partial charge in [-0.2, -0.15) is 5.10 Å². The van der Waals surface area contributed by atoms with E-state index in [9.17, 15) is 4.79 Å². The summed E-state index contributed by atoms with van der Waals surface area (Å²) in [7, 11) is 1.95. The molecule has 2 aromatic heterocycles. The summed E-state index contributed by atoms with van der Waals surface area (Å²) in [6, 6.07) is 3.78.